The standard InChI is InChI=1S/C17H19BrF2N4O3/c18-11-6-13(20)14(7-12(11)19)21-17(27)23-22-15(25)5-9-3-4-24(8-9)16(26)10-1-2-10/h6-7,9-10H,1-5,8H2,(H,22,25)(H2,21,23,27). The van der Waals surface area contributed by atoms with Gasteiger partial charge in [0.2, 0.25) is 11.8 Å². The van der Waals surface area contributed by atoms with Crippen molar-refractivity contribution in [2.75, 3.05) is 18.4 Å². The molecule has 27 heavy (non-hydrogen) atoms. The van der Waals surface area contributed by atoms with Gasteiger partial charge in [-0.05, 0) is 47.2 Å². The van der Waals surface area contributed by atoms with Crippen LogP contribution in [-0.2, 0) is 9.59 Å². The molecule has 7 nitrogen and oxygen atoms in total. The molecule has 3 N–H and O–H groups in total. The Labute approximate surface area is 162 Å². The predicted octanol–water partition coefficient (Wildman–Crippen LogP) is 2.53. The maximum atomic E-state index is 13.7. The Balaban J connectivity index is 1.41. The van der Waals surface area contributed by atoms with Gasteiger partial charge in [0.15, 0.2) is 0 Å². The van der Waals surface area contributed by atoms with Crippen LogP contribution in [0.3, 0.4) is 0 Å². The van der Waals surface area contributed by atoms with Crippen LogP contribution in [0.15, 0.2) is 16.6 Å². The molecule has 3 rings (SSSR count). The summed E-state index contributed by atoms with van der Waals surface area (Å²) in [6.45, 7) is 1.19. The van der Waals surface area contributed by atoms with Crippen molar-refractivity contribution in [3.05, 3.63) is 28.2 Å². The first-order chi connectivity index (χ1) is 12.8. The normalized spacial score (nSPS) is 18.9. The number of hydrogen-bond donors (Lipinski definition) is 3. The minimum absolute atomic E-state index is 0.0376. The van der Waals surface area contributed by atoms with E-state index in [2.05, 4.69) is 32.1 Å². The van der Waals surface area contributed by atoms with Crippen LogP contribution in [0.1, 0.15) is 25.7 Å². The van der Waals surface area contributed by atoms with Crippen LogP contribution < -0.4 is 16.2 Å². The summed E-state index contributed by atoms with van der Waals surface area (Å²) in [5.41, 5.74) is 3.97. The van der Waals surface area contributed by atoms with Crippen LogP contribution in [-0.4, -0.2) is 35.8 Å². The highest BCUT2D eigenvalue weighted by molar-refractivity contribution is 9.10. The first kappa shape index (κ1) is 19.5. The average molecular weight is 445 g/mol. The van der Waals surface area contributed by atoms with Gasteiger partial charge in [-0.2, -0.15) is 0 Å². The van der Waals surface area contributed by atoms with Gasteiger partial charge in [0, 0.05) is 31.5 Å². The van der Waals surface area contributed by atoms with Crippen molar-refractivity contribution in [3.8, 4) is 0 Å². The number of benzene rings is 1. The fraction of sp³-hybridized carbons (Fsp3) is 0.471. The predicted molar refractivity (Wildman–Crippen MR) is 96.4 cm³/mol. The van der Waals surface area contributed by atoms with Crippen molar-refractivity contribution in [1.29, 1.82) is 0 Å². The molecule has 0 spiro atoms. The Morgan fingerprint density at radius 1 is 1.11 bits per heavy atom. The van der Waals surface area contributed by atoms with E-state index in [0.29, 0.717) is 13.1 Å². The summed E-state index contributed by atoms with van der Waals surface area (Å²) < 4.78 is 27.0. The molecule has 1 atom stereocenters. The summed E-state index contributed by atoms with van der Waals surface area (Å²) in [6.07, 6.45) is 2.79. The van der Waals surface area contributed by atoms with Gasteiger partial charge in [0.05, 0.1) is 10.2 Å². The quantitative estimate of drug-likeness (QED) is 0.492. The summed E-state index contributed by atoms with van der Waals surface area (Å²) >= 11 is 2.84. The summed E-state index contributed by atoms with van der Waals surface area (Å²) in [5.74, 6) is -1.61. The number of carbonyl (C=O) groups excluding carboxylic acids is 3. The monoisotopic (exact) mass is 444 g/mol. The number of halogens is 3. The SMILES string of the molecule is O=C(CC1CCN(C(=O)C2CC2)C1)NNC(=O)Nc1cc(F)c(Br)cc1F. The van der Waals surface area contributed by atoms with Crippen LogP contribution in [0.25, 0.3) is 0 Å². The summed E-state index contributed by atoms with van der Waals surface area (Å²) in [6, 6.07) is 0.810. The summed E-state index contributed by atoms with van der Waals surface area (Å²) in [5, 5.41) is 2.12. The van der Waals surface area contributed by atoms with Gasteiger partial charge >= 0.3 is 6.03 Å². The third-order valence-electron chi connectivity index (χ3n) is 4.57. The van der Waals surface area contributed by atoms with E-state index >= 15 is 0 Å². The topological polar surface area (TPSA) is 90.5 Å². The van der Waals surface area contributed by atoms with E-state index in [1.165, 1.54) is 0 Å². The lowest BCUT2D eigenvalue weighted by atomic mass is 10.1. The highest BCUT2D eigenvalue weighted by Crippen LogP contribution is 2.33. The van der Waals surface area contributed by atoms with Crippen molar-refractivity contribution >= 4 is 39.5 Å². The summed E-state index contributed by atoms with van der Waals surface area (Å²) in [7, 11) is 0. The van der Waals surface area contributed by atoms with Gasteiger partial charge < -0.3 is 10.2 Å². The second kappa shape index (κ2) is 8.20. The molecule has 1 aromatic carbocycles. The van der Waals surface area contributed by atoms with Crippen molar-refractivity contribution in [2.45, 2.75) is 25.7 Å². The molecule has 10 heteroatoms. The first-order valence-electron chi connectivity index (χ1n) is 8.62. The smallest absolute Gasteiger partial charge is 0.338 e. The fourth-order valence-electron chi connectivity index (χ4n) is 3.00. The maximum Gasteiger partial charge on any atom is 0.338 e. The Hall–Kier alpha value is -2.23. The lowest BCUT2D eigenvalue weighted by Crippen LogP contribution is -2.44. The van der Waals surface area contributed by atoms with Gasteiger partial charge in [-0.3, -0.25) is 15.0 Å². The lowest BCUT2D eigenvalue weighted by Gasteiger charge is -2.16. The third kappa shape index (κ3) is 5.15. The van der Waals surface area contributed by atoms with Crippen LogP contribution in [0, 0.1) is 23.5 Å². The zero-order valence-electron chi connectivity index (χ0n) is 14.4. The number of carbonyl (C=O) groups is 3. The number of rotatable bonds is 4. The molecular formula is C17H19BrF2N4O3. The highest BCUT2D eigenvalue weighted by atomic mass is 79.9. The number of nitrogens with one attached hydrogen (secondary N) is 3. The van der Waals surface area contributed by atoms with E-state index in [1.54, 1.807) is 4.90 Å². The second-order valence-corrected chi connectivity index (χ2v) is 7.65. The van der Waals surface area contributed by atoms with Crippen molar-refractivity contribution < 1.29 is 23.2 Å². The molecule has 2 aliphatic rings. The molecule has 1 aromatic rings. The van der Waals surface area contributed by atoms with Crippen molar-refractivity contribution in [3.63, 3.8) is 0 Å². The number of urea groups is 1. The average Bonchev–Trinajstić information content (AvgIpc) is 3.37. The van der Waals surface area contributed by atoms with Crippen LogP contribution in [0.4, 0.5) is 19.3 Å². The molecule has 1 saturated carbocycles. The minimum Gasteiger partial charge on any atom is -0.342 e. The van der Waals surface area contributed by atoms with Gasteiger partial charge in [-0.25, -0.2) is 19.0 Å². The van der Waals surface area contributed by atoms with E-state index < -0.39 is 23.6 Å². The lowest BCUT2D eigenvalue weighted by molar-refractivity contribution is -0.132. The molecule has 1 aliphatic heterocycles. The number of likely N-dealkylation sites (tertiary alicyclic amines) is 1. The van der Waals surface area contributed by atoms with Crippen LogP contribution >= 0.6 is 15.9 Å². The summed E-state index contributed by atoms with van der Waals surface area (Å²) in [4.78, 5) is 37.5. The largest absolute Gasteiger partial charge is 0.342 e. The third-order valence-corrected chi connectivity index (χ3v) is 5.18. The number of nitrogens with zero attached hydrogens (tertiary/aromatic N) is 1. The molecular weight excluding hydrogens is 426 g/mol. The van der Waals surface area contributed by atoms with Crippen LogP contribution in [0.2, 0.25) is 0 Å². The fourth-order valence-corrected chi connectivity index (χ4v) is 3.31. The van der Waals surface area contributed by atoms with E-state index in [4.69, 9.17) is 0 Å². The molecule has 1 heterocycles. The minimum atomic E-state index is -0.902. The molecule has 0 aromatic heterocycles. The number of hydrogen-bond acceptors (Lipinski definition) is 3. The Morgan fingerprint density at radius 2 is 1.85 bits per heavy atom. The molecule has 2 fully saturated rings. The molecule has 1 aliphatic carbocycles. The van der Waals surface area contributed by atoms with Gasteiger partial charge in [0.25, 0.3) is 0 Å². The Kier molecular flexibility index (Phi) is 5.93. The highest BCUT2D eigenvalue weighted by Gasteiger charge is 2.36. The Bertz CT molecular complexity index is 773. The molecule has 4 amide bonds. The van der Waals surface area contributed by atoms with Crippen LogP contribution in [0.5, 0.6) is 0 Å². The molecule has 0 radical (unpaired) electrons. The van der Waals surface area contributed by atoms with Gasteiger partial charge in [-0.15, -0.1) is 0 Å². The number of hydrazine groups is 1. The van der Waals surface area contributed by atoms with E-state index in [1.807, 2.05) is 0 Å². The maximum absolute atomic E-state index is 13.7. The second-order valence-electron chi connectivity index (χ2n) is 6.79. The zero-order valence-corrected chi connectivity index (χ0v) is 15.9. The molecule has 0 bridgehead atoms. The van der Waals surface area contributed by atoms with E-state index in [0.717, 1.165) is 31.4 Å². The van der Waals surface area contributed by atoms with Crippen molar-refractivity contribution in [2.24, 2.45) is 11.8 Å². The molecule has 1 saturated heterocycles. The molecule has 146 valence electrons. The molecule has 1 unspecified atom stereocenters. The number of amides is 4. The van der Waals surface area contributed by atoms with Gasteiger partial charge in [-0.1, -0.05) is 0 Å². The zero-order chi connectivity index (χ0) is 19.6. The van der Waals surface area contributed by atoms with E-state index in [-0.39, 0.29) is 34.3 Å². The van der Waals surface area contributed by atoms with E-state index in [9.17, 15) is 23.2 Å². The number of anilines is 1. The first-order valence-corrected chi connectivity index (χ1v) is 9.42. The Morgan fingerprint density at radius 3 is 2.56 bits per heavy atom. The van der Waals surface area contributed by atoms with Crippen molar-refractivity contribution in [1.82, 2.24) is 15.8 Å². The van der Waals surface area contributed by atoms with Gasteiger partial charge in [0.1, 0.15) is 11.6 Å².